The van der Waals surface area contributed by atoms with E-state index in [9.17, 15) is 9.90 Å². The number of ether oxygens (including phenoxy) is 4. The number of rotatable bonds is 9. The van der Waals surface area contributed by atoms with Crippen LogP contribution in [0.25, 0.3) is 10.1 Å². The van der Waals surface area contributed by atoms with E-state index in [4.69, 9.17) is 30.1 Å². The van der Waals surface area contributed by atoms with E-state index in [1.54, 1.807) is 26.4 Å². The Bertz CT molecular complexity index is 1210. The number of fused-ring (bicyclic) bond motifs is 1. The highest BCUT2D eigenvalue weighted by Gasteiger charge is 2.37. The second-order valence-electron chi connectivity index (χ2n) is 8.47. The molecule has 2 aromatic carbocycles. The lowest BCUT2D eigenvalue weighted by molar-refractivity contribution is -0.153. The van der Waals surface area contributed by atoms with Crippen LogP contribution in [0.2, 0.25) is 0 Å². The second kappa shape index (κ2) is 10.0. The summed E-state index contributed by atoms with van der Waals surface area (Å²) in [6.45, 7) is 4.23. The fourth-order valence-electron chi connectivity index (χ4n) is 4.07. The number of nitrogens with zero attached hydrogens (tertiary/aromatic N) is 1. The average molecular weight is 500 g/mol. The number of hydrogen-bond acceptors (Lipinski definition) is 8. The van der Waals surface area contributed by atoms with Crippen LogP contribution in [-0.2, 0) is 16.0 Å². The highest BCUT2D eigenvalue weighted by Crippen LogP contribution is 2.38. The molecule has 1 aliphatic heterocycles. The van der Waals surface area contributed by atoms with Crippen LogP contribution >= 0.6 is 11.3 Å². The summed E-state index contributed by atoms with van der Waals surface area (Å²) in [5.41, 5.74) is 5.51. The molecule has 9 nitrogen and oxygen atoms in total. The van der Waals surface area contributed by atoms with Gasteiger partial charge in [0, 0.05) is 40.8 Å². The van der Waals surface area contributed by atoms with E-state index in [2.05, 4.69) is 4.90 Å². The van der Waals surface area contributed by atoms with Crippen LogP contribution in [0.4, 0.5) is 5.69 Å². The number of nitrogen functional groups attached to an aromatic ring is 1. The Kier molecular flexibility index (Phi) is 7.04. The predicted molar refractivity (Wildman–Crippen MR) is 136 cm³/mol. The molecule has 1 atom stereocenters. The SMILES string of the molecule is COc1cc2cc(CC(C)(Oc3ccc(N4CCOCC4)cc3C(=N)N)C(=O)O)sc2cc1OC. The van der Waals surface area contributed by atoms with Gasteiger partial charge in [0.15, 0.2) is 11.5 Å². The first-order valence-electron chi connectivity index (χ1n) is 11.1. The van der Waals surface area contributed by atoms with Crippen molar-refractivity contribution in [2.24, 2.45) is 5.73 Å². The summed E-state index contributed by atoms with van der Waals surface area (Å²) in [6.07, 6.45) is 0.120. The molecule has 1 unspecified atom stereocenters. The lowest BCUT2D eigenvalue weighted by Crippen LogP contribution is -2.44. The molecule has 0 radical (unpaired) electrons. The zero-order chi connectivity index (χ0) is 25.2. The predicted octanol–water partition coefficient (Wildman–Crippen LogP) is 3.50. The van der Waals surface area contributed by atoms with E-state index in [1.165, 1.54) is 18.3 Å². The summed E-state index contributed by atoms with van der Waals surface area (Å²) in [5.74, 6) is 0.162. The Morgan fingerprint density at radius 2 is 1.83 bits per heavy atom. The van der Waals surface area contributed by atoms with Crippen LogP contribution in [0.3, 0.4) is 0 Å². The average Bonchev–Trinajstić information content (AvgIpc) is 3.24. The minimum absolute atomic E-state index is 0.120. The molecule has 0 aliphatic carbocycles. The Morgan fingerprint density at radius 1 is 1.14 bits per heavy atom. The van der Waals surface area contributed by atoms with E-state index >= 15 is 0 Å². The molecule has 4 N–H and O–H groups in total. The van der Waals surface area contributed by atoms with Gasteiger partial charge in [0.2, 0.25) is 5.60 Å². The van der Waals surface area contributed by atoms with Crippen LogP contribution < -0.4 is 24.8 Å². The zero-order valence-electron chi connectivity index (χ0n) is 19.9. The Labute approximate surface area is 207 Å². The van der Waals surface area contributed by atoms with Crippen LogP contribution in [0.15, 0.2) is 36.4 Å². The van der Waals surface area contributed by atoms with Gasteiger partial charge in [-0.15, -0.1) is 11.3 Å². The van der Waals surface area contributed by atoms with Gasteiger partial charge in [-0.2, -0.15) is 0 Å². The summed E-state index contributed by atoms with van der Waals surface area (Å²) in [7, 11) is 3.15. The van der Waals surface area contributed by atoms with Crippen molar-refractivity contribution in [3.63, 3.8) is 0 Å². The zero-order valence-corrected chi connectivity index (χ0v) is 20.7. The number of morpholine rings is 1. The summed E-state index contributed by atoms with van der Waals surface area (Å²) in [5, 5.41) is 19.1. The molecule has 4 rings (SSSR count). The maximum Gasteiger partial charge on any atom is 0.348 e. The van der Waals surface area contributed by atoms with E-state index in [1.807, 2.05) is 24.3 Å². The van der Waals surface area contributed by atoms with Crippen LogP contribution in [0.5, 0.6) is 17.2 Å². The number of methoxy groups -OCH3 is 2. The minimum Gasteiger partial charge on any atom is -0.493 e. The number of aliphatic carboxylic acids is 1. The summed E-state index contributed by atoms with van der Waals surface area (Å²) >= 11 is 1.47. The standard InChI is InChI=1S/C25H29N3O6S/c1-25(24(29)30,14-17-10-15-11-20(31-2)21(32-3)13-22(15)35-17)34-19-5-4-16(12-18(19)23(26)27)28-6-8-33-9-7-28/h4-5,10-13H,6-9,14H2,1-3H3,(H3,26,27)(H,29,30). The van der Waals surface area contributed by atoms with Crippen molar-refractivity contribution in [3.8, 4) is 17.2 Å². The van der Waals surface area contributed by atoms with Gasteiger partial charge in [0.25, 0.3) is 0 Å². The van der Waals surface area contributed by atoms with E-state index < -0.39 is 11.6 Å². The molecular weight excluding hydrogens is 470 g/mol. The van der Waals surface area contributed by atoms with Crippen molar-refractivity contribution in [1.29, 1.82) is 5.41 Å². The maximum absolute atomic E-state index is 12.4. The molecule has 0 spiro atoms. The van der Waals surface area contributed by atoms with Gasteiger partial charge in [-0.25, -0.2) is 4.79 Å². The van der Waals surface area contributed by atoms with Gasteiger partial charge in [0.1, 0.15) is 11.6 Å². The first-order valence-corrected chi connectivity index (χ1v) is 11.9. The Balaban J connectivity index is 1.64. The number of hydrogen-bond donors (Lipinski definition) is 3. The highest BCUT2D eigenvalue weighted by atomic mass is 32.1. The van der Waals surface area contributed by atoms with Gasteiger partial charge in [-0.3, -0.25) is 5.41 Å². The number of amidine groups is 1. The molecule has 0 amide bonds. The van der Waals surface area contributed by atoms with Crippen molar-refractivity contribution in [1.82, 2.24) is 0 Å². The Hall–Kier alpha value is -3.50. The number of nitrogens with one attached hydrogen (secondary N) is 1. The molecule has 186 valence electrons. The summed E-state index contributed by atoms with van der Waals surface area (Å²) in [4.78, 5) is 15.3. The van der Waals surface area contributed by atoms with Gasteiger partial charge in [0.05, 0.1) is 33.0 Å². The molecule has 1 aromatic heterocycles. The molecule has 1 aliphatic rings. The van der Waals surface area contributed by atoms with Gasteiger partial charge in [-0.1, -0.05) is 0 Å². The van der Waals surface area contributed by atoms with Crippen molar-refractivity contribution < 1.29 is 28.8 Å². The lowest BCUT2D eigenvalue weighted by Gasteiger charge is -2.30. The fourth-order valence-corrected chi connectivity index (χ4v) is 5.29. The van der Waals surface area contributed by atoms with Crippen LogP contribution in [0, 0.1) is 5.41 Å². The van der Waals surface area contributed by atoms with Gasteiger partial charge >= 0.3 is 5.97 Å². The third kappa shape index (κ3) is 5.13. The molecule has 3 aromatic rings. The minimum atomic E-state index is -1.58. The topological polar surface area (TPSA) is 127 Å². The van der Waals surface area contributed by atoms with E-state index in [0.29, 0.717) is 30.3 Å². The van der Waals surface area contributed by atoms with Gasteiger partial charge < -0.3 is 34.7 Å². The maximum atomic E-state index is 12.4. The van der Waals surface area contributed by atoms with Crippen molar-refractivity contribution in [3.05, 3.63) is 46.8 Å². The number of anilines is 1. The van der Waals surface area contributed by atoms with E-state index in [-0.39, 0.29) is 18.0 Å². The third-order valence-electron chi connectivity index (χ3n) is 6.00. The number of carboxylic acid groups (broad SMARTS) is 1. The first-order chi connectivity index (χ1) is 16.7. The molecule has 2 heterocycles. The number of benzene rings is 2. The monoisotopic (exact) mass is 499 g/mol. The number of nitrogens with two attached hydrogens (primary N) is 1. The quantitative estimate of drug-likeness (QED) is 0.302. The largest absolute Gasteiger partial charge is 0.493 e. The number of carboxylic acids is 1. The molecule has 35 heavy (non-hydrogen) atoms. The van der Waals surface area contributed by atoms with Crippen molar-refractivity contribution >= 4 is 38.9 Å². The third-order valence-corrected chi connectivity index (χ3v) is 7.10. The Morgan fingerprint density at radius 3 is 2.46 bits per heavy atom. The molecule has 1 saturated heterocycles. The van der Waals surface area contributed by atoms with Crippen LogP contribution in [0.1, 0.15) is 17.4 Å². The second-order valence-corrected chi connectivity index (χ2v) is 9.63. The molecule has 1 fully saturated rings. The smallest absolute Gasteiger partial charge is 0.348 e. The number of thiophene rings is 1. The summed E-state index contributed by atoms with van der Waals surface area (Å²) < 4.78 is 23.2. The lowest BCUT2D eigenvalue weighted by atomic mass is 10.00. The molecular formula is C25H29N3O6S. The number of carbonyl (C=O) groups is 1. The summed E-state index contributed by atoms with van der Waals surface area (Å²) in [6, 6.07) is 11.0. The van der Waals surface area contributed by atoms with E-state index in [0.717, 1.165) is 33.7 Å². The van der Waals surface area contributed by atoms with Crippen molar-refractivity contribution in [2.45, 2.75) is 18.9 Å². The molecule has 0 bridgehead atoms. The fraction of sp³-hybridized carbons (Fsp3) is 0.360. The highest BCUT2D eigenvalue weighted by molar-refractivity contribution is 7.19. The van der Waals surface area contributed by atoms with Crippen molar-refractivity contribution in [2.75, 3.05) is 45.4 Å². The molecule has 10 heteroatoms. The molecule has 0 saturated carbocycles. The van der Waals surface area contributed by atoms with Crippen LogP contribution in [-0.4, -0.2) is 63.0 Å². The van der Waals surface area contributed by atoms with Gasteiger partial charge in [-0.05, 0) is 42.6 Å². The first kappa shape index (κ1) is 24.6. The normalized spacial score (nSPS) is 15.5.